The Morgan fingerprint density at radius 2 is 2.12 bits per heavy atom. The molecule has 3 heteroatoms. The van der Waals surface area contributed by atoms with Crippen LogP contribution in [0.15, 0.2) is 24.3 Å². The van der Waals surface area contributed by atoms with Crippen LogP contribution in [-0.4, -0.2) is 20.2 Å². The highest BCUT2D eigenvalue weighted by Gasteiger charge is 2.34. The lowest BCUT2D eigenvalue weighted by Gasteiger charge is -2.30. The minimum absolute atomic E-state index is 0.0982. The molecular formula is C13H20N2O. The molecule has 0 amide bonds. The van der Waals surface area contributed by atoms with Gasteiger partial charge in [-0.25, -0.2) is 0 Å². The second-order valence-electron chi connectivity index (χ2n) is 4.38. The maximum absolute atomic E-state index is 5.72. The normalized spacial score (nSPS) is 24.6. The van der Waals surface area contributed by atoms with Crippen molar-refractivity contribution in [3.63, 3.8) is 0 Å². The first-order chi connectivity index (χ1) is 7.80. The van der Waals surface area contributed by atoms with Gasteiger partial charge in [0.2, 0.25) is 0 Å². The predicted octanol–water partition coefficient (Wildman–Crippen LogP) is 1.62. The maximum Gasteiger partial charge on any atom is 0.118 e. The van der Waals surface area contributed by atoms with E-state index in [0.29, 0.717) is 0 Å². The summed E-state index contributed by atoms with van der Waals surface area (Å²) in [5.41, 5.74) is 7.15. The Hall–Kier alpha value is -1.06. The number of ether oxygens (including phenoxy) is 1. The van der Waals surface area contributed by atoms with E-state index < -0.39 is 0 Å². The summed E-state index contributed by atoms with van der Waals surface area (Å²) in [6.07, 6.45) is 3.40. The van der Waals surface area contributed by atoms with Crippen LogP contribution in [0, 0.1) is 0 Å². The lowest BCUT2D eigenvalue weighted by atomic mass is 9.85. The summed E-state index contributed by atoms with van der Waals surface area (Å²) in [4.78, 5) is 0. The first-order valence-electron chi connectivity index (χ1n) is 5.90. The third kappa shape index (κ3) is 2.06. The van der Waals surface area contributed by atoms with Crippen LogP contribution in [0.2, 0.25) is 0 Å². The van der Waals surface area contributed by atoms with Crippen LogP contribution in [-0.2, 0) is 5.54 Å². The van der Waals surface area contributed by atoms with Gasteiger partial charge in [-0.05, 0) is 50.0 Å². The van der Waals surface area contributed by atoms with E-state index in [1.807, 2.05) is 12.1 Å². The monoisotopic (exact) mass is 220 g/mol. The van der Waals surface area contributed by atoms with E-state index in [-0.39, 0.29) is 5.54 Å². The second kappa shape index (κ2) is 4.85. The molecule has 0 saturated carbocycles. The summed E-state index contributed by atoms with van der Waals surface area (Å²) in [6.45, 7) is 1.81. The number of benzene rings is 1. The highest BCUT2D eigenvalue weighted by atomic mass is 16.5. The van der Waals surface area contributed by atoms with Gasteiger partial charge in [0.15, 0.2) is 0 Å². The standard InChI is InChI=1S/C13H20N2O/c1-16-12-5-3-11(4-6-12)13(8-9-14)7-2-10-15-13/h3-6,15H,2,7-10,14H2,1H3. The molecule has 3 nitrogen and oxygen atoms in total. The quantitative estimate of drug-likeness (QED) is 0.810. The summed E-state index contributed by atoms with van der Waals surface area (Å²) < 4.78 is 5.18. The van der Waals surface area contributed by atoms with Crippen molar-refractivity contribution in [2.24, 2.45) is 5.73 Å². The molecule has 3 N–H and O–H groups in total. The number of nitrogens with two attached hydrogens (primary N) is 1. The van der Waals surface area contributed by atoms with Gasteiger partial charge in [0.05, 0.1) is 7.11 Å². The van der Waals surface area contributed by atoms with E-state index in [1.165, 1.54) is 18.4 Å². The maximum atomic E-state index is 5.72. The summed E-state index contributed by atoms with van der Waals surface area (Å²) >= 11 is 0. The topological polar surface area (TPSA) is 47.3 Å². The van der Waals surface area contributed by atoms with Crippen LogP contribution in [0.1, 0.15) is 24.8 Å². The van der Waals surface area contributed by atoms with Crippen molar-refractivity contribution in [2.45, 2.75) is 24.8 Å². The van der Waals surface area contributed by atoms with E-state index in [2.05, 4.69) is 17.4 Å². The molecule has 0 spiro atoms. The van der Waals surface area contributed by atoms with Gasteiger partial charge < -0.3 is 15.8 Å². The minimum Gasteiger partial charge on any atom is -0.497 e. The smallest absolute Gasteiger partial charge is 0.118 e. The molecule has 1 aromatic carbocycles. The highest BCUT2D eigenvalue weighted by molar-refractivity contribution is 5.32. The molecule has 1 aliphatic heterocycles. The van der Waals surface area contributed by atoms with Crippen molar-refractivity contribution in [1.29, 1.82) is 0 Å². The van der Waals surface area contributed by atoms with Crippen LogP contribution >= 0.6 is 0 Å². The van der Waals surface area contributed by atoms with Crippen LogP contribution in [0.5, 0.6) is 5.75 Å². The molecule has 1 atom stereocenters. The summed E-state index contributed by atoms with van der Waals surface area (Å²) in [5.74, 6) is 0.907. The fraction of sp³-hybridized carbons (Fsp3) is 0.538. The number of methoxy groups -OCH3 is 1. The lowest BCUT2D eigenvalue weighted by Crippen LogP contribution is -2.38. The van der Waals surface area contributed by atoms with E-state index in [1.54, 1.807) is 7.11 Å². The third-order valence-electron chi connectivity index (χ3n) is 3.46. The van der Waals surface area contributed by atoms with Gasteiger partial charge in [-0.3, -0.25) is 0 Å². The van der Waals surface area contributed by atoms with Crippen LogP contribution in [0.25, 0.3) is 0 Å². The Kier molecular flexibility index (Phi) is 3.46. The molecule has 1 unspecified atom stereocenters. The molecule has 2 rings (SSSR count). The first kappa shape index (κ1) is 11.4. The van der Waals surface area contributed by atoms with Crippen LogP contribution < -0.4 is 15.8 Å². The molecule has 1 heterocycles. The number of rotatable bonds is 4. The van der Waals surface area contributed by atoms with Crippen molar-refractivity contribution < 1.29 is 4.74 Å². The largest absolute Gasteiger partial charge is 0.497 e. The third-order valence-corrected chi connectivity index (χ3v) is 3.46. The van der Waals surface area contributed by atoms with E-state index in [0.717, 1.165) is 25.3 Å². The zero-order valence-electron chi connectivity index (χ0n) is 9.83. The average molecular weight is 220 g/mol. The molecule has 0 aromatic heterocycles. The van der Waals surface area contributed by atoms with Crippen molar-refractivity contribution in [3.05, 3.63) is 29.8 Å². The molecular weight excluding hydrogens is 200 g/mol. The molecule has 16 heavy (non-hydrogen) atoms. The van der Waals surface area contributed by atoms with Gasteiger partial charge in [0, 0.05) is 5.54 Å². The molecule has 0 bridgehead atoms. The molecule has 0 aliphatic carbocycles. The van der Waals surface area contributed by atoms with Crippen molar-refractivity contribution in [2.75, 3.05) is 20.2 Å². The fourth-order valence-corrected chi connectivity index (χ4v) is 2.57. The summed E-state index contributed by atoms with van der Waals surface area (Å²) in [7, 11) is 1.69. The first-order valence-corrected chi connectivity index (χ1v) is 5.90. The van der Waals surface area contributed by atoms with Crippen molar-refractivity contribution in [3.8, 4) is 5.75 Å². The van der Waals surface area contributed by atoms with Gasteiger partial charge >= 0.3 is 0 Å². The van der Waals surface area contributed by atoms with Crippen LogP contribution in [0.4, 0.5) is 0 Å². The molecule has 1 saturated heterocycles. The van der Waals surface area contributed by atoms with Gasteiger partial charge in [-0.2, -0.15) is 0 Å². The fourth-order valence-electron chi connectivity index (χ4n) is 2.57. The van der Waals surface area contributed by atoms with Gasteiger partial charge in [0.1, 0.15) is 5.75 Å². The van der Waals surface area contributed by atoms with Crippen LogP contribution in [0.3, 0.4) is 0 Å². The predicted molar refractivity (Wildman–Crippen MR) is 65.6 cm³/mol. The van der Waals surface area contributed by atoms with E-state index >= 15 is 0 Å². The molecule has 1 fully saturated rings. The zero-order valence-corrected chi connectivity index (χ0v) is 9.83. The number of nitrogens with one attached hydrogen (secondary N) is 1. The van der Waals surface area contributed by atoms with Gasteiger partial charge in [-0.15, -0.1) is 0 Å². The number of hydrogen-bond acceptors (Lipinski definition) is 3. The van der Waals surface area contributed by atoms with E-state index in [9.17, 15) is 0 Å². The number of hydrogen-bond donors (Lipinski definition) is 2. The van der Waals surface area contributed by atoms with E-state index in [4.69, 9.17) is 10.5 Å². The van der Waals surface area contributed by atoms with Gasteiger partial charge in [0.25, 0.3) is 0 Å². The Morgan fingerprint density at radius 1 is 1.38 bits per heavy atom. The Labute approximate surface area is 97.0 Å². The second-order valence-corrected chi connectivity index (χ2v) is 4.38. The zero-order chi connectivity index (χ0) is 11.4. The highest BCUT2D eigenvalue weighted by Crippen LogP contribution is 2.34. The molecule has 88 valence electrons. The molecule has 1 aliphatic rings. The minimum atomic E-state index is 0.0982. The lowest BCUT2D eigenvalue weighted by molar-refractivity contribution is 0.364. The Morgan fingerprint density at radius 3 is 2.62 bits per heavy atom. The van der Waals surface area contributed by atoms with Gasteiger partial charge in [-0.1, -0.05) is 12.1 Å². The van der Waals surface area contributed by atoms with Crippen molar-refractivity contribution >= 4 is 0 Å². The summed E-state index contributed by atoms with van der Waals surface area (Å²) in [6, 6.07) is 8.33. The summed E-state index contributed by atoms with van der Waals surface area (Å²) in [5, 5.41) is 3.60. The molecule has 1 aromatic rings. The van der Waals surface area contributed by atoms with Crippen molar-refractivity contribution in [1.82, 2.24) is 5.32 Å². The average Bonchev–Trinajstić information content (AvgIpc) is 2.80. The molecule has 0 radical (unpaired) electrons. The Balaban J connectivity index is 2.24. The Bertz CT molecular complexity index is 328. The SMILES string of the molecule is COc1ccc(C2(CCN)CCCN2)cc1.